The third-order valence-corrected chi connectivity index (χ3v) is 7.91. The van der Waals surface area contributed by atoms with Crippen LogP contribution in [0.5, 0.6) is 0 Å². The van der Waals surface area contributed by atoms with Gasteiger partial charge in [0.15, 0.2) is 46.5 Å². The van der Waals surface area contributed by atoms with E-state index in [-0.39, 0.29) is 0 Å². The number of hydrogen-bond donors (Lipinski definition) is 0. The molecule has 4 aromatic carbocycles. The van der Waals surface area contributed by atoms with Crippen molar-refractivity contribution in [2.24, 2.45) is 11.8 Å². The summed E-state index contributed by atoms with van der Waals surface area (Å²) in [4.78, 5) is 0. The quantitative estimate of drug-likeness (QED) is 0.0775. The number of allylic oxidation sites excluding steroid dienone is 6. The summed E-state index contributed by atoms with van der Waals surface area (Å²) in [5.74, 6) is -24.6. The molecule has 4 aromatic rings. The van der Waals surface area contributed by atoms with Crippen molar-refractivity contribution in [3.63, 3.8) is 0 Å². The lowest BCUT2D eigenvalue weighted by Gasteiger charge is -2.51. The highest BCUT2D eigenvalue weighted by atomic mass is 19.2. The van der Waals surface area contributed by atoms with Crippen molar-refractivity contribution < 1.29 is 43.9 Å². The number of benzene rings is 4. The molecule has 4 atom stereocenters. The van der Waals surface area contributed by atoms with Crippen LogP contribution in [-0.2, 0) is 0 Å². The van der Waals surface area contributed by atoms with Gasteiger partial charge in [0.2, 0.25) is 11.6 Å². The molecule has 10 heteroatoms. The van der Waals surface area contributed by atoms with Crippen molar-refractivity contribution in [3.8, 4) is 0 Å². The van der Waals surface area contributed by atoms with Gasteiger partial charge >= 0.3 is 0 Å². The molecule has 0 radical (unpaired) electrons. The molecule has 0 aliphatic heterocycles. The van der Waals surface area contributed by atoms with Crippen LogP contribution in [0.2, 0.25) is 0 Å². The summed E-state index contributed by atoms with van der Waals surface area (Å²) in [6.07, 6.45) is 10.9. The van der Waals surface area contributed by atoms with Gasteiger partial charge < -0.3 is 0 Å². The summed E-state index contributed by atoms with van der Waals surface area (Å²) in [7, 11) is 0. The van der Waals surface area contributed by atoms with E-state index in [9.17, 15) is 35.1 Å². The van der Waals surface area contributed by atoms with Crippen LogP contribution in [0.25, 0.3) is 12.2 Å². The van der Waals surface area contributed by atoms with Crippen LogP contribution in [0.3, 0.4) is 0 Å². The van der Waals surface area contributed by atoms with Crippen LogP contribution in [-0.4, -0.2) is 0 Å². The SMILES string of the molecule is Fc1c(F)c(F)c(/C=C/C=C/[C@H]2[C@@H](/C=C/C=C/c3ccccc3)[C@H](c3c(F)c(F)c(F)c(F)c3F)[C@@H]2c2ccccc2)c(F)c1F. The minimum atomic E-state index is -2.31. The third-order valence-electron chi connectivity index (χ3n) is 7.91. The molecule has 0 aromatic heterocycles. The zero-order chi connectivity index (χ0) is 33.1. The van der Waals surface area contributed by atoms with Crippen molar-refractivity contribution in [1.29, 1.82) is 0 Å². The average Bonchev–Trinajstić information content (AvgIpc) is 3.07. The van der Waals surface area contributed by atoms with E-state index < -0.39 is 93.0 Å². The first-order valence-electron chi connectivity index (χ1n) is 13.9. The van der Waals surface area contributed by atoms with Gasteiger partial charge in [-0.25, -0.2) is 43.9 Å². The molecule has 0 N–H and O–H groups in total. The second-order valence-electron chi connectivity index (χ2n) is 10.5. The number of halogens is 10. The van der Waals surface area contributed by atoms with Crippen molar-refractivity contribution in [3.05, 3.63) is 178 Å². The van der Waals surface area contributed by atoms with Gasteiger partial charge in [0.1, 0.15) is 0 Å². The fourth-order valence-corrected chi connectivity index (χ4v) is 5.74. The van der Waals surface area contributed by atoms with Crippen molar-refractivity contribution >= 4 is 12.2 Å². The molecule has 1 aliphatic carbocycles. The van der Waals surface area contributed by atoms with Gasteiger partial charge in [-0.2, -0.15) is 0 Å². The highest BCUT2D eigenvalue weighted by Crippen LogP contribution is 2.60. The van der Waals surface area contributed by atoms with Gasteiger partial charge in [0.25, 0.3) is 0 Å². The molecular weight excluding hydrogens is 622 g/mol. The Morgan fingerprint density at radius 2 is 0.804 bits per heavy atom. The van der Waals surface area contributed by atoms with Crippen molar-refractivity contribution in [1.82, 2.24) is 0 Å². The van der Waals surface area contributed by atoms with Crippen molar-refractivity contribution in [2.45, 2.75) is 11.8 Å². The zero-order valence-corrected chi connectivity index (χ0v) is 23.5. The molecule has 0 nitrogen and oxygen atoms in total. The Labute approximate surface area is 257 Å². The largest absolute Gasteiger partial charge is 0.203 e. The van der Waals surface area contributed by atoms with Crippen LogP contribution in [0.4, 0.5) is 43.9 Å². The Hall–Kier alpha value is -4.86. The van der Waals surface area contributed by atoms with Gasteiger partial charge in [-0.3, -0.25) is 0 Å². The average molecular weight is 645 g/mol. The van der Waals surface area contributed by atoms with E-state index in [1.165, 1.54) is 12.2 Å². The van der Waals surface area contributed by atoms with Gasteiger partial charge in [0.05, 0.1) is 5.56 Å². The highest BCUT2D eigenvalue weighted by Gasteiger charge is 2.52. The van der Waals surface area contributed by atoms with E-state index in [0.29, 0.717) is 11.6 Å². The van der Waals surface area contributed by atoms with Crippen LogP contribution in [0.15, 0.2) is 97.1 Å². The van der Waals surface area contributed by atoms with Gasteiger partial charge in [0, 0.05) is 11.5 Å². The summed E-state index contributed by atoms with van der Waals surface area (Å²) < 4.78 is 142. The Morgan fingerprint density at radius 1 is 0.391 bits per heavy atom. The van der Waals surface area contributed by atoms with Crippen LogP contribution in [0, 0.1) is 70.0 Å². The molecule has 46 heavy (non-hydrogen) atoms. The molecule has 0 unspecified atom stereocenters. The second-order valence-corrected chi connectivity index (χ2v) is 10.5. The summed E-state index contributed by atoms with van der Waals surface area (Å²) in [6.45, 7) is 0. The maximum Gasteiger partial charge on any atom is 0.200 e. The first-order valence-corrected chi connectivity index (χ1v) is 13.9. The number of rotatable bonds is 8. The Bertz CT molecular complexity index is 1800. The predicted molar refractivity (Wildman–Crippen MR) is 154 cm³/mol. The molecular formula is C36H22F10. The minimum Gasteiger partial charge on any atom is -0.203 e. The van der Waals surface area contributed by atoms with E-state index in [1.807, 2.05) is 18.2 Å². The van der Waals surface area contributed by atoms with Gasteiger partial charge in [-0.1, -0.05) is 103 Å². The Morgan fingerprint density at radius 3 is 1.33 bits per heavy atom. The molecule has 1 fully saturated rings. The Kier molecular flexibility index (Phi) is 9.65. The van der Waals surface area contributed by atoms with Crippen molar-refractivity contribution in [2.75, 3.05) is 0 Å². The third kappa shape index (κ3) is 6.03. The highest BCUT2D eigenvalue weighted by molar-refractivity contribution is 5.54. The maximum atomic E-state index is 15.2. The molecule has 1 saturated carbocycles. The zero-order valence-electron chi connectivity index (χ0n) is 23.5. The molecule has 236 valence electrons. The first-order chi connectivity index (χ1) is 22.0. The van der Waals surface area contributed by atoms with Gasteiger partial charge in [-0.05, 0) is 35.0 Å². The lowest BCUT2D eigenvalue weighted by atomic mass is 9.52. The molecule has 0 amide bonds. The van der Waals surface area contributed by atoms with E-state index in [1.54, 1.807) is 66.8 Å². The summed E-state index contributed by atoms with van der Waals surface area (Å²) in [6, 6.07) is 17.2. The van der Waals surface area contributed by atoms with E-state index >= 15 is 8.78 Å². The molecule has 5 rings (SSSR count). The number of hydrogen-bond acceptors (Lipinski definition) is 0. The topological polar surface area (TPSA) is 0 Å². The lowest BCUT2D eigenvalue weighted by molar-refractivity contribution is 0.164. The fourth-order valence-electron chi connectivity index (χ4n) is 5.74. The van der Waals surface area contributed by atoms with E-state index in [4.69, 9.17) is 0 Å². The van der Waals surface area contributed by atoms with Gasteiger partial charge in [-0.15, -0.1) is 0 Å². The van der Waals surface area contributed by atoms with Crippen LogP contribution >= 0.6 is 0 Å². The predicted octanol–water partition coefficient (Wildman–Crippen LogP) is 10.7. The summed E-state index contributed by atoms with van der Waals surface area (Å²) in [5, 5.41) is 0. The second kappa shape index (κ2) is 13.6. The fraction of sp³-hybridized carbons (Fsp3) is 0.111. The monoisotopic (exact) mass is 644 g/mol. The Balaban J connectivity index is 1.58. The van der Waals surface area contributed by atoms with E-state index in [2.05, 4.69) is 0 Å². The summed E-state index contributed by atoms with van der Waals surface area (Å²) >= 11 is 0. The first kappa shape index (κ1) is 32.5. The normalized spacial score (nSPS) is 20.0. The lowest BCUT2D eigenvalue weighted by Crippen LogP contribution is -2.42. The standard InChI is InChI=1S/C36H22F10/c37-27-23(28(38)32(42)35(45)31(27)41)18-10-9-16-21-22(17-8-7-13-19-11-3-1-4-12-19)25(24(21)20-14-5-2-6-15-20)26-29(39)33(43)36(46)34(44)30(26)40/h1-18,21-22,24-25H/b13-7+,16-9+,17-8+,18-10+/t21-,22+,24+,25-/m0/s1. The molecule has 0 heterocycles. The molecule has 0 bridgehead atoms. The minimum absolute atomic E-state index is 0.499. The van der Waals surface area contributed by atoms with Crippen LogP contribution < -0.4 is 0 Å². The molecule has 0 spiro atoms. The smallest absolute Gasteiger partial charge is 0.200 e. The molecule has 1 aliphatic rings. The maximum absolute atomic E-state index is 15.2. The van der Waals surface area contributed by atoms with Crippen LogP contribution in [0.1, 0.15) is 34.1 Å². The van der Waals surface area contributed by atoms with E-state index in [0.717, 1.165) is 11.6 Å². The molecule has 0 saturated heterocycles. The summed E-state index contributed by atoms with van der Waals surface area (Å²) in [5.41, 5.74) is -0.849.